The van der Waals surface area contributed by atoms with Crippen LogP contribution in [-0.4, -0.2) is 69.5 Å². The Bertz CT molecular complexity index is 850. The van der Waals surface area contributed by atoms with Crippen LogP contribution >= 0.6 is 0 Å². The van der Waals surface area contributed by atoms with Crippen molar-refractivity contribution in [2.24, 2.45) is 0 Å². The smallest absolute Gasteiger partial charge is 0.408 e. The zero-order valence-electron chi connectivity index (χ0n) is 13.6. The molecule has 0 spiro atoms. The highest BCUT2D eigenvalue weighted by Gasteiger charge is 2.16. The average Bonchev–Trinajstić information content (AvgIpc) is 2.92. The Kier molecular flexibility index (Phi) is 5.04. The van der Waals surface area contributed by atoms with Gasteiger partial charge in [0, 0.05) is 38.8 Å². The summed E-state index contributed by atoms with van der Waals surface area (Å²) in [5.41, 5.74) is 0.717. The van der Waals surface area contributed by atoms with Gasteiger partial charge >= 0.3 is 5.76 Å². The number of piperazine rings is 1. The van der Waals surface area contributed by atoms with Crippen LogP contribution in [0.3, 0.4) is 0 Å². The maximum absolute atomic E-state index is 12.3. The van der Waals surface area contributed by atoms with Crippen molar-refractivity contribution in [2.75, 3.05) is 46.3 Å². The van der Waals surface area contributed by atoms with E-state index in [2.05, 4.69) is 26.6 Å². The highest BCUT2D eigenvalue weighted by atomic mass is 32.2. The van der Waals surface area contributed by atoms with E-state index in [4.69, 9.17) is 4.42 Å². The molecule has 0 saturated carbocycles. The minimum Gasteiger partial charge on any atom is -0.408 e. The lowest BCUT2D eigenvalue weighted by molar-refractivity contribution is 0.153. The van der Waals surface area contributed by atoms with Gasteiger partial charge in [-0.1, -0.05) is 0 Å². The van der Waals surface area contributed by atoms with E-state index in [0.29, 0.717) is 12.1 Å². The molecule has 1 aliphatic heterocycles. The minimum atomic E-state index is -3.61. The molecule has 1 aromatic carbocycles. The third-order valence-electron chi connectivity index (χ3n) is 4.24. The van der Waals surface area contributed by atoms with Crippen LogP contribution in [0, 0.1) is 0 Å². The molecule has 0 radical (unpaired) electrons. The summed E-state index contributed by atoms with van der Waals surface area (Å²) in [5.74, 6) is -0.598. The molecular weight excluding hydrogens is 332 g/mol. The molecule has 24 heavy (non-hydrogen) atoms. The number of aromatic nitrogens is 1. The predicted octanol–water partition coefficient (Wildman–Crippen LogP) is 0.0369. The first-order chi connectivity index (χ1) is 11.4. The van der Waals surface area contributed by atoms with Crippen LogP contribution in [0.4, 0.5) is 0 Å². The standard InChI is InChI=1S/C15H22N4O4S/c1-18-7-9-19(10-8-18)6-2-5-16-24(21,22)12-3-4-13-14(11-12)23-15(20)17-13/h3-4,11,16H,2,5-10H2,1H3,(H,17,20). The molecule has 2 aromatic rings. The molecule has 132 valence electrons. The molecule has 8 nitrogen and oxygen atoms in total. The molecule has 0 aliphatic carbocycles. The first-order valence-electron chi connectivity index (χ1n) is 7.97. The molecular formula is C15H22N4O4S. The molecule has 2 heterocycles. The number of nitrogens with one attached hydrogen (secondary N) is 2. The van der Waals surface area contributed by atoms with E-state index in [0.717, 1.165) is 39.1 Å². The van der Waals surface area contributed by atoms with Gasteiger partial charge < -0.3 is 14.2 Å². The van der Waals surface area contributed by atoms with Crippen molar-refractivity contribution >= 4 is 21.1 Å². The minimum absolute atomic E-state index is 0.0948. The normalized spacial score (nSPS) is 17.5. The molecule has 0 amide bonds. The second-order valence-corrected chi connectivity index (χ2v) is 7.84. The molecule has 1 aliphatic rings. The lowest BCUT2D eigenvalue weighted by atomic mass is 10.3. The monoisotopic (exact) mass is 354 g/mol. The van der Waals surface area contributed by atoms with Crippen LogP contribution < -0.4 is 10.5 Å². The number of hydrogen-bond acceptors (Lipinski definition) is 6. The third kappa shape index (κ3) is 4.04. The lowest BCUT2D eigenvalue weighted by Crippen LogP contribution is -2.45. The predicted molar refractivity (Wildman–Crippen MR) is 90.6 cm³/mol. The Morgan fingerprint density at radius 2 is 2.00 bits per heavy atom. The highest BCUT2D eigenvalue weighted by molar-refractivity contribution is 7.89. The van der Waals surface area contributed by atoms with E-state index in [9.17, 15) is 13.2 Å². The molecule has 1 saturated heterocycles. The number of likely N-dealkylation sites (N-methyl/N-ethyl adjacent to an activating group) is 1. The van der Waals surface area contributed by atoms with E-state index in [1.54, 1.807) is 0 Å². The molecule has 1 fully saturated rings. The van der Waals surface area contributed by atoms with Crippen molar-refractivity contribution in [1.29, 1.82) is 0 Å². The number of benzene rings is 1. The van der Waals surface area contributed by atoms with Gasteiger partial charge in [0.1, 0.15) is 0 Å². The van der Waals surface area contributed by atoms with E-state index < -0.39 is 15.8 Å². The van der Waals surface area contributed by atoms with Crippen LogP contribution in [0.15, 0.2) is 32.3 Å². The number of sulfonamides is 1. The van der Waals surface area contributed by atoms with Gasteiger partial charge in [0.2, 0.25) is 10.0 Å². The summed E-state index contributed by atoms with van der Waals surface area (Å²) in [4.78, 5) is 18.3. The average molecular weight is 354 g/mol. The first-order valence-corrected chi connectivity index (χ1v) is 9.46. The van der Waals surface area contributed by atoms with Crippen LogP contribution in [0.1, 0.15) is 6.42 Å². The number of oxazole rings is 1. The SMILES string of the molecule is CN1CCN(CCCNS(=O)(=O)c2ccc3[nH]c(=O)oc3c2)CC1. The van der Waals surface area contributed by atoms with Crippen molar-refractivity contribution in [3.63, 3.8) is 0 Å². The quantitative estimate of drug-likeness (QED) is 0.711. The fourth-order valence-corrected chi connectivity index (χ4v) is 3.85. The number of rotatable bonds is 6. The Hall–Kier alpha value is -1.68. The zero-order valence-corrected chi connectivity index (χ0v) is 14.4. The van der Waals surface area contributed by atoms with Crippen LogP contribution in [0.25, 0.3) is 11.1 Å². The number of H-pyrrole nitrogens is 1. The summed E-state index contributed by atoms with van der Waals surface area (Å²) in [5, 5.41) is 0. The summed E-state index contributed by atoms with van der Waals surface area (Å²) in [6.07, 6.45) is 0.754. The summed E-state index contributed by atoms with van der Waals surface area (Å²) >= 11 is 0. The maximum atomic E-state index is 12.3. The molecule has 3 rings (SSSR count). The Labute approximate surface area is 140 Å². The van der Waals surface area contributed by atoms with Gasteiger partial charge in [0.25, 0.3) is 0 Å². The second-order valence-electron chi connectivity index (χ2n) is 6.07. The summed E-state index contributed by atoms with van der Waals surface area (Å²) < 4.78 is 32.1. The molecule has 9 heteroatoms. The van der Waals surface area contributed by atoms with Crippen LogP contribution in [-0.2, 0) is 10.0 Å². The van der Waals surface area contributed by atoms with E-state index >= 15 is 0 Å². The largest absolute Gasteiger partial charge is 0.417 e. The summed E-state index contributed by atoms with van der Waals surface area (Å²) in [7, 11) is -1.50. The zero-order chi connectivity index (χ0) is 17.2. The highest BCUT2D eigenvalue weighted by Crippen LogP contribution is 2.16. The fourth-order valence-electron chi connectivity index (χ4n) is 2.76. The van der Waals surface area contributed by atoms with E-state index in [-0.39, 0.29) is 10.5 Å². The second kappa shape index (κ2) is 7.06. The van der Waals surface area contributed by atoms with Crippen molar-refractivity contribution in [3.8, 4) is 0 Å². The Morgan fingerprint density at radius 3 is 2.75 bits per heavy atom. The van der Waals surface area contributed by atoms with E-state index in [1.165, 1.54) is 18.2 Å². The third-order valence-corrected chi connectivity index (χ3v) is 5.70. The summed E-state index contributed by atoms with van der Waals surface area (Å²) in [6, 6.07) is 4.34. The number of fused-ring (bicyclic) bond motifs is 1. The first kappa shape index (κ1) is 17.2. The van der Waals surface area contributed by atoms with Gasteiger partial charge in [-0.15, -0.1) is 0 Å². The number of aromatic amines is 1. The Balaban J connectivity index is 1.54. The van der Waals surface area contributed by atoms with Gasteiger partial charge in [-0.2, -0.15) is 0 Å². The number of nitrogens with zero attached hydrogens (tertiary/aromatic N) is 2. The van der Waals surface area contributed by atoms with Gasteiger partial charge in [0.05, 0.1) is 10.4 Å². The molecule has 0 bridgehead atoms. The van der Waals surface area contributed by atoms with Crippen LogP contribution in [0.5, 0.6) is 0 Å². The molecule has 2 N–H and O–H groups in total. The molecule has 0 unspecified atom stereocenters. The van der Waals surface area contributed by atoms with Crippen molar-refractivity contribution in [1.82, 2.24) is 19.5 Å². The summed E-state index contributed by atoms with van der Waals surface area (Å²) in [6.45, 7) is 5.39. The van der Waals surface area contributed by atoms with Crippen molar-refractivity contribution in [3.05, 3.63) is 28.7 Å². The van der Waals surface area contributed by atoms with Gasteiger partial charge in [-0.25, -0.2) is 17.9 Å². The topological polar surface area (TPSA) is 98.6 Å². The van der Waals surface area contributed by atoms with Crippen molar-refractivity contribution < 1.29 is 12.8 Å². The van der Waals surface area contributed by atoms with Gasteiger partial charge in [0.15, 0.2) is 5.58 Å². The fraction of sp³-hybridized carbons (Fsp3) is 0.533. The number of hydrogen-bond donors (Lipinski definition) is 2. The Morgan fingerprint density at radius 1 is 1.25 bits per heavy atom. The van der Waals surface area contributed by atoms with E-state index in [1.807, 2.05) is 0 Å². The van der Waals surface area contributed by atoms with Gasteiger partial charge in [-0.05, 0) is 32.1 Å². The maximum Gasteiger partial charge on any atom is 0.417 e. The van der Waals surface area contributed by atoms with Gasteiger partial charge in [-0.3, -0.25) is 4.98 Å². The van der Waals surface area contributed by atoms with Crippen LogP contribution in [0.2, 0.25) is 0 Å². The lowest BCUT2D eigenvalue weighted by Gasteiger charge is -2.32. The molecule has 1 aromatic heterocycles. The van der Waals surface area contributed by atoms with Crippen molar-refractivity contribution in [2.45, 2.75) is 11.3 Å². The molecule has 0 atom stereocenters.